The number of allylic oxidation sites excluding steroid dienone is 5. The largest absolute Gasteiger partial charge is 0.390 e. The summed E-state index contributed by atoms with van der Waals surface area (Å²) in [6, 6.07) is 0. The van der Waals surface area contributed by atoms with Crippen molar-refractivity contribution >= 4 is 23.3 Å². The lowest BCUT2D eigenvalue weighted by Crippen LogP contribution is -2.49. The molecular formula is C99H152N4O6S. The Bertz CT molecular complexity index is 3620. The summed E-state index contributed by atoms with van der Waals surface area (Å²) < 4.78 is 2.17. The van der Waals surface area contributed by atoms with Crippen LogP contribution in [0.15, 0.2) is 89.6 Å². The SMILES string of the molecule is C=C(CN1CCCC1)[C@H]1CC[C@H]2[C@@H]3CC=C4C[C@](C)(O)CC[C@@H]4[C@H]3CC[C@]12C.C=C(Cn1ccnc1)[C@H]1CC[C@H]2[C@@H]3CC=C4C[C@](C)(O)CC[C@@H]4[C@H]3CC[C@]12C.CSCC(=O)[C@H]1CC[C@H]2[C@@H]3CC=C4C[C@](C)(O)CC[C@@H]4[C@H]3CC[C@]12C.C[C@@]1(O)CC[C@H]2C(=CC[C@@H]3[C@@H]2CC[C@]2(C)[C@@H](C(=O)CN4CCCCC4)CC[C@@H]32)C1. The molecule has 1 aromatic heterocycles. The van der Waals surface area contributed by atoms with E-state index in [4.69, 9.17) is 0 Å². The van der Waals surface area contributed by atoms with Crippen molar-refractivity contribution in [2.75, 3.05) is 51.3 Å². The standard InChI is InChI=1S/C26H41NO2.C26H41NO.C25H36N2O.C22H34O2S/c1-25(29)12-10-19-18(16-25)6-7-21-20(19)11-13-26(2)22(21)8-9-23(26)24(28)17-27-14-4-3-5-15-27;1-18(17-27-14-4-5-15-27)23-8-9-24-22-7-6-19-16-25(2,28)12-10-20(19)21(22)11-13-26(23,24)3;1-17(15-27-13-12-26-16-27)22-6-7-23-21-5-4-18-14-24(2,28)10-8-19(18)20(21)9-11-25(22,23)3;1-21(24)10-8-15-14(12-21)4-5-17-16(15)9-11-22(2)18(17)6-7-19(22)20(23)13-25-3/h6,19-23,29H,3-5,7-17H2,1-2H3;6,20-24,28H,1,4-5,7-17H2,2-3H3;4,12-13,16,19-23,28H,1,5-11,14-15H2,2-3H3;4,15-19,24H,5-13H2,1-3H3/t19-,20+,21+,22-,23+,25+,26-;20-,21+,22+,23+,24-,25+,26+;19-,20+,21+,22+,23-,24+,25+;15-,16+,17+,18-,19+,21+,22-/m0000/s1. The van der Waals surface area contributed by atoms with Gasteiger partial charge in [-0.25, -0.2) is 4.98 Å². The van der Waals surface area contributed by atoms with Gasteiger partial charge in [-0.15, -0.1) is 0 Å². The highest BCUT2D eigenvalue weighted by atomic mass is 32.2. The fourth-order valence-electron chi connectivity index (χ4n) is 32.0. The summed E-state index contributed by atoms with van der Waals surface area (Å²) >= 11 is 1.69. The number of aromatic nitrogens is 2. The number of carbonyl (C=O) groups excluding carboxylic acids is 2. The van der Waals surface area contributed by atoms with Crippen LogP contribution in [0, 0.1) is 140 Å². The molecule has 2 aliphatic heterocycles. The molecule has 10 nitrogen and oxygen atoms in total. The van der Waals surface area contributed by atoms with Gasteiger partial charge in [0.05, 0.1) is 41.0 Å². The molecule has 0 spiro atoms. The fraction of sp³-hybridized carbons (Fsp3) is 0.828. The van der Waals surface area contributed by atoms with Crippen molar-refractivity contribution in [2.45, 2.75) is 322 Å². The second-order valence-electron chi connectivity index (χ2n) is 44.0. The van der Waals surface area contributed by atoms with Crippen LogP contribution in [0.3, 0.4) is 0 Å². The number of thioether (sulfide) groups is 1. The van der Waals surface area contributed by atoms with E-state index in [1.54, 1.807) is 39.6 Å². The predicted octanol–water partition coefficient (Wildman–Crippen LogP) is 20.8. The zero-order valence-electron chi connectivity index (χ0n) is 70.6. The van der Waals surface area contributed by atoms with Gasteiger partial charge in [0, 0.05) is 37.3 Å². The summed E-state index contributed by atoms with van der Waals surface area (Å²) in [6.07, 6.45) is 62.7. The second kappa shape index (κ2) is 31.8. The summed E-state index contributed by atoms with van der Waals surface area (Å²) in [6.45, 7) is 35.0. The Morgan fingerprint density at radius 3 is 1.06 bits per heavy atom. The number of Topliss-reactive ketones (excluding diaryl/α,β-unsaturated/α-hetero) is 2. The van der Waals surface area contributed by atoms with E-state index in [1.807, 2.05) is 40.2 Å². The molecule has 0 radical (unpaired) electrons. The summed E-state index contributed by atoms with van der Waals surface area (Å²) in [4.78, 5) is 35.3. The zero-order valence-corrected chi connectivity index (χ0v) is 71.4. The summed E-state index contributed by atoms with van der Waals surface area (Å²) in [5.41, 5.74) is 8.75. The van der Waals surface area contributed by atoms with E-state index in [2.05, 4.69) is 97.0 Å². The lowest BCUT2D eigenvalue weighted by molar-refractivity contribution is -0.130. The van der Waals surface area contributed by atoms with Crippen LogP contribution < -0.4 is 0 Å². The van der Waals surface area contributed by atoms with Gasteiger partial charge in [0.15, 0.2) is 0 Å². The normalized spacial score (nSPS) is 47.5. The van der Waals surface area contributed by atoms with Crippen molar-refractivity contribution in [1.82, 2.24) is 19.4 Å². The maximum Gasteiger partial charge on any atom is 0.150 e. The third-order valence-electron chi connectivity index (χ3n) is 37.3. The number of hydrogen-bond acceptors (Lipinski definition) is 10. The molecule has 3 heterocycles. The summed E-state index contributed by atoms with van der Waals surface area (Å²) in [5, 5.41) is 42.1. The molecular weight excluding hydrogens is 1370 g/mol. The van der Waals surface area contributed by atoms with Crippen molar-refractivity contribution in [3.63, 3.8) is 0 Å². The van der Waals surface area contributed by atoms with Crippen molar-refractivity contribution in [1.29, 1.82) is 0 Å². The van der Waals surface area contributed by atoms with Gasteiger partial charge in [-0.3, -0.25) is 19.4 Å². The van der Waals surface area contributed by atoms with Crippen LogP contribution in [-0.4, -0.2) is 125 Å². The van der Waals surface area contributed by atoms with Crippen LogP contribution >= 0.6 is 11.8 Å². The summed E-state index contributed by atoms with van der Waals surface area (Å²) in [5.74, 6) is 16.6. The number of fused-ring (bicyclic) bond motifs is 20. The molecule has 4 N–H and O–H groups in total. The van der Waals surface area contributed by atoms with Gasteiger partial charge in [-0.2, -0.15) is 11.8 Å². The molecule has 11 heteroatoms. The zero-order chi connectivity index (χ0) is 77.1. The minimum absolute atomic E-state index is 0.236. The van der Waals surface area contributed by atoms with Crippen LogP contribution in [0.1, 0.15) is 293 Å². The maximum absolute atomic E-state index is 13.4. The first-order valence-corrected chi connectivity index (χ1v) is 47.8. The number of rotatable bonds is 12. The molecule has 18 aliphatic rings. The number of imidazole rings is 1. The van der Waals surface area contributed by atoms with E-state index in [9.17, 15) is 30.0 Å². The minimum atomic E-state index is -0.488. The van der Waals surface area contributed by atoms with E-state index in [0.29, 0.717) is 64.3 Å². The van der Waals surface area contributed by atoms with Crippen molar-refractivity contribution < 1.29 is 30.0 Å². The molecule has 28 atom stereocenters. The Labute approximate surface area is 671 Å². The third-order valence-corrected chi connectivity index (χ3v) is 37.9. The fourth-order valence-corrected chi connectivity index (χ4v) is 32.5. The average Bonchev–Trinajstić information content (AvgIpc) is 1.53. The van der Waals surface area contributed by atoms with Gasteiger partial charge < -0.3 is 25.0 Å². The molecule has 19 rings (SSSR count). The molecule has 610 valence electrons. The molecule has 12 saturated carbocycles. The number of likely N-dealkylation sites (tertiary alicyclic amines) is 2. The van der Waals surface area contributed by atoms with Crippen LogP contribution in [0.5, 0.6) is 0 Å². The topological polar surface area (TPSA) is 139 Å². The number of nitrogens with zero attached hydrogens (tertiary/aromatic N) is 4. The Balaban J connectivity index is 0.000000112. The van der Waals surface area contributed by atoms with E-state index in [1.165, 1.54) is 186 Å². The van der Waals surface area contributed by atoms with Gasteiger partial charge in [-0.05, 0) is 419 Å². The number of ketones is 2. The molecule has 0 aromatic carbocycles. The molecule has 0 bridgehead atoms. The molecule has 110 heavy (non-hydrogen) atoms. The highest BCUT2D eigenvalue weighted by Gasteiger charge is 2.62. The van der Waals surface area contributed by atoms with Gasteiger partial charge >= 0.3 is 0 Å². The Hall–Kier alpha value is -2.90. The first kappa shape index (κ1) is 80.9. The van der Waals surface area contributed by atoms with Crippen LogP contribution in [0.25, 0.3) is 0 Å². The predicted molar refractivity (Wildman–Crippen MR) is 450 cm³/mol. The summed E-state index contributed by atoms with van der Waals surface area (Å²) in [7, 11) is 0. The lowest BCUT2D eigenvalue weighted by atomic mass is 9.51. The molecule has 16 aliphatic carbocycles. The van der Waals surface area contributed by atoms with Crippen molar-refractivity contribution in [3.05, 3.63) is 89.6 Å². The molecule has 0 unspecified atom stereocenters. The van der Waals surface area contributed by atoms with Crippen LogP contribution in [-0.2, 0) is 16.1 Å². The van der Waals surface area contributed by atoms with Crippen LogP contribution in [0.2, 0.25) is 0 Å². The molecule has 2 saturated heterocycles. The van der Waals surface area contributed by atoms with E-state index >= 15 is 0 Å². The number of hydrogen-bond donors (Lipinski definition) is 4. The number of aliphatic hydroxyl groups is 4. The molecule has 14 fully saturated rings. The second-order valence-corrected chi connectivity index (χ2v) is 44.9. The first-order valence-electron chi connectivity index (χ1n) is 46.4. The monoisotopic (exact) mass is 1530 g/mol. The van der Waals surface area contributed by atoms with Gasteiger partial charge in [0.1, 0.15) is 11.6 Å². The Morgan fingerprint density at radius 1 is 0.400 bits per heavy atom. The number of piperidine rings is 1. The van der Waals surface area contributed by atoms with Crippen molar-refractivity contribution in [2.24, 2.45) is 140 Å². The minimum Gasteiger partial charge on any atom is -0.390 e. The quantitative estimate of drug-likeness (QED) is 0.150. The van der Waals surface area contributed by atoms with Crippen LogP contribution in [0.4, 0.5) is 0 Å². The first-order chi connectivity index (χ1) is 52.5. The highest BCUT2D eigenvalue weighted by Crippen LogP contribution is 2.70. The van der Waals surface area contributed by atoms with E-state index < -0.39 is 22.4 Å². The molecule has 1 aromatic rings. The van der Waals surface area contributed by atoms with Gasteiger partial charge in [0.25, 0.3) is 0 Å². The van der Waals surface area contributed by atoms with Gasteiger partial charge in [-0.1, -0.05) is 105 Å². The average molecular weight is 1530 g/mol. The third kappa shape index (κ3) is 15.6. The molecule has 0 amide bonds. The van der Waals surface area contributed by atoms with Gasteiger partial charge in [0.2, 0.25) is 0 Å². The highest BCUT2D eigenvalue weighted by molar-refractivity contribution is 7.99. The van der Waals surface area contributed by atoms with E-state index in [0.717, 1.165) is 186 Å². The maximum atomic E-state index is 13.4. The Morgan fingerprint density at radius 2 is 0.718 bits per heavy atom. The Kier molecular flexibility index (Phi) is 23.3. The number of carbonyl (C=O) groups is 2. The lowest BCUT2D eigenvalue weighted by Gasteiger charge is -2.54. The van der Waals surface area contributed by atoms with Crippen molar-refractivity contribution in [3.8, 4) is 0 Å². The van der Waals surface area contributed by atoms with E-state index in [-0.39, 0.29) is 10.8 Å². The smallest absolute Gasteiger partial charge is 0.150 e.